The van der Waals surface area contributed by atoms with E-state index in [0.29, 0.717) is 32.3 Å². The number of hydrogen-bond donors (Lipinski definition) is 1. The quantitative estimate of drug-likeness (QED) is 0.124. The second-order valence-corrected chi connectivity index (χ2v) is 14.2. The molecule has 3 aliphatic rings. The first-order chi connectivity index (χ1) is 20.6. The predicted molar refractivity (Wildman–Crippen MR) is 164 cm³/mol. The van der Waals surface area contributed by atoms with Crippen LogP contribution in [-0.4, -0.2) is 72.0 Å². The number of carbonyl (C=O) groups excluding carboxylic acids is 3. The number of esters is 1. The van der Waals surface area contributed by atoms with Gasteiger partial charge in [0.25, 0.3) is 0 Å². The number of rotatable bonds is 10. The maximum Gasteiger partial charge on any atom is 0.457 e. The van der Waals surface area contributed by atoms with Gasteiger partial charge >= 0.3 is 19.2 Å². The van der Waals surface area contributed by atoms with Crippen molar-refractivity contribution in [2.45, 2.75) is 103 Å². The summed E-state index contributed by atoms with van der Waals surface area (Å²) < 4.78 is 23.4. The highest BCUT2D eigenvalue weighted by Crippen LogP contribution is 2.53. The number of ether oxygens (including phenoxy) is 2. The average Bonchev–Trinajstić information content (AvgIpc) is 3.53. The van der Waals surface area contributed by atoms with Gasteiger partial charge in [0.15, 0.2) is 0 Å². The van der Waals surface area contributed by atoms with Crippen molar-refractivity contribution in [2.75, 3.05) is 19.6 Å². The van der Waals surface area contributed by atoms with Gasteiger partial charge in [-0.3, -0.25) is 9.59 Å². The van der Waals surface area contributed by atoms with Gasteiger partial charge in [-0.15, -0.1) is 0 Å². The van der Waals surface area contributed by atoms with Gasteiger partial charge in [-0.1, -0.05) is 41.9 Å². The standard InChI is InChI=1S/C31H46BN5O7/c1-28(2,3)42-27(40)34-17-25(38)37-18-22-16-31(35-36-33,26(39)41-20-21-12-9-8-10-13-21)24(23(22)19-37)14-11-15-32-43-29(4,5)30(6,7)44-32/h8-10,12-13,22-24H,11,14-20H2,1-7H3,(H,34,40)/t22-,23+,24-,31-/m0/s1. The van der Waals surface area contributed by atoms with E-state index in [2.05, 4.69) is 15.3 Å². The maximum atomic E-state index is 13.8. The summed E-state index contributed by atoms with van der Waals surface area (Å²) in [6, 6.07) is 9.36. The molecule has 0 bridgehead atoms. The minimum Gasteiger partial charge on any atom is -0.460 e. The fraction of sp³-hybridized carbons (Fsp3) is 0.710. The molecule has 1 saturated carbocycles. The summed E-state index contributed by atoms with van der Waals surface area (Å²) in [5, 5.41) is 6.70. The van der Waals surface area contributed by atoms with Crippen LogP contribution in [-0.2, 0) is 35.0 Å². The molecule has 2 amide bonds. The van der Waals surface area contributed by atoms with E-state index < -0.39 is 41.5 Å². The van der Waals surface area contributed by atoms with Gasteiger partial charge in [-0.2, -0.15) is 0 Å². The lowest BCUT2D eigenvalue weighted by molar-refractivity contribution is -0.153. The highest BCUT2D eigenvalue weighted by Gasteiger charge is 2.61. The van der Waals surface area contributed by atoms with Crippen LogP contribution in [0.2, 0.25) is 6.32 Å². The smallest absolute Gasteiger partial charge is 0.457 e. The molecular formula is C31H46BN5O7. The molecule has 4 rings (SSSR count). The summed E-state index contributed by atoms with van der Waals surface area (Å²) in [5.74, 6) is -1.29. The summed E-state index contributed by atoms with van der Waals surface area (Å²) in [7, 11) is -0.392. The number of carbonyl (C=O) groups is 3. The Balaban J connectivity index is 1.48. The van der Waals surface area contributed by atoms with Crippen molar-refractivity contribution in [3.05, 3.63) is 46.3 Å². The lowest BCUT2D eigenvalue weighted by Crippen LogP contribution is -2.46. The first-order valence-electron chi connectivity index (χ1n) is 15.4. The number of amides is 2. The van der Waals surface area contributed by atoms with Crippen molar-refractivity contribution in [1.29, 1.82) is 0 Å². The Hall–Kier alpha value is -3.28. The minimum atomic E-state index is -1.39. The summed E-state index contributed by atoms with van der Waals surface area (Å²) in [5.41, 5.74) is 7.52. The van der Waals surface area contributed by atoms with E-state index in [1.807, 2.05) is 58.0 Å². The number of fused-ring (bicyclic) bond motifs is 1. The molecule has 2 aliphatic heterocycles. The molecule has 2 heterocycles. The highest BCUT2D eigenvalue weighted by molar-refractivity contribution is 6.45. The molecule has 1 N–H and O–H groups in total. The SMILES string of the molecule is CC(C)(C)OC(=O)NCC(=O)N1C[C@@H]2C[C@@](N=[N+]=[N-])(C(=O)OCc3ccccc3)[C@@H](CCCB3OC(C)(C)C(C)(C)O3)[C@@H]2C1. The topological polar surface area (TPSA) is 152 Å². The lowest BCUT2D eigenvalue weighted by atomic mass is 9.75. The molecule has 12 nitrogen and oxygen atoms in total. The Morgan fingerprint density at radius 3 is 2.39 bits per heavy atom. The fourth-order valence-electron chi connectivity index (χ4n) is 6.61. The van der Waals surface area contributed by atoms with Gasteiger partial charge in [-0.05, 0) is 96.5 Å². The van der Waals surface area contributed by atoms with Crippen LogP contribution in [0.4, 0.5) is 4.79 Å². The van der Waals surface area contributed by atoms with Crippen LogP contribution in [0.15, 0.2) is 35.4 Å². The van der Waals surface area contributed by atoms with E-state index in [9.17, 15) is 19.9 Å². The van der Waals surface area contributed by atoms with Crippen LogP contribution in [0, 0.1) is 17.8 Å². The van der Waals surface area contributed by atoms with Crippen molar-refractivity contribution in [3.63, 3.8) is 0 Å². The van der Waals surface area contributed by atoms with Gasteiger partial charge < -0.3 is 29.0 Å². The normalized spacial score (nSPS) is 26.9. The van der Waals surface area contributed by atoms with Crippen LogP contribution in [0.1, 0.15) is 73.3 Å². The molecule has 4 atom stereocenters. The molecule has 0 spiro atoms. The van der Waals surface area contributed by atoms with Crippen molar-refractivity contribution < 1.29 is 33.2 Å². The number of likely N-dealkylation sites (tertiary alicyclic amines) is 1. The average molecular weight is 612 g/mol. The number of alkyl carbamates (subject to hydrolysis) is 1. The zero-order chi connectivity index (χ0) is 32.3. The maximum absolute atomic E-state index is 13.8. The molecular weight excluding hydrogens is 565 g/mol. The Morgan fingerprint density at radius 2 is 1.77 bits per heavy atom. The molecule has 1 aliphatic carbocycles. The summed E-state index contributed by atoms with van der Waals surface area (Å²) in [4.78, 5) is 43.8. The third kappa shape index (κ3) is 7.50. The van der Waals surface area contributed by atoms with E-state index in [0.717, 1.165) is 5.56 Å². The molecule has 0 aromatic heterocycles. The molecule has 0 radical (unpaired) electrons. The first kappa shape index (κ1) is 33.6. The first-order valence-corrected chi connectivity index (χ1v) is 15.4. The summed E-state index contributed by atoms with van der Waals surface area (Å²) >= 11 is 0. The lowest BCUT2D eigenvalue weighted by Gasteiger charge is -2.32. The molecule has 240 valence electrons. The zero-order valence-electron chi connectivity index (χ0n) is 27.0. The molecule has 13 heteroatoms. The van der Waals surface area contributed by atoms with Gasteiger partial charge in [0.2, 0.25) is 5.91 Å². The second-order valence-electron chi connectivity index (χ2n) is 14.2. The van der Waals surface area contributed by atoms with Crippen LogP contribution < -0.4 is 5.32 Å². The predicted octanol–water partition coefficient (Wildman–Crippen LogP) is 5.27. The van der Waals surface area contributed by atoms with Gasteiger partial charge in [0.1, 0.15) is 24.3 Å². The Morgan fingerprint density at radius 1 is 1.11 bits per heavy atom. The van der Waals surface area contributed by atoms with E-state index in [1.54, 1.807) is 25.7 Å². The van der Waals surface area contributed by atoms with Crippen molar-refractivity contribution in [2.24, 2.45) is 22.9 Å². The van der Waals surface area contributed by atoms with Crippen LogP contribution >= 0.6 is 0 Å². The largest absolute Gasteiger partial charge is 0.460 e. The van der Waals surface area contributed by atoms with E-state index in [-0.39, 0.29) is 43.2 Å². The van der Waals surface area contributed by atoms with Crippen LogP contribution in [0.3, 0.4) is 0 Å². The molecule has 2 saturated heterocycles. The number of nitrogens with zero attached hydrogens (tertiary/aromatic N) is 4. The Labute approximate surface area is 260 Å². The monoisotopic (exact) mass is 611 g/mol. The Kier molecular flexibility index (Phi) is 9.92. The minimum absolute atomic E-state index is 0.0687. The van der Waals surface area contributed by atoms with Crippen LogP contribution in [0.25, 0.3) is 10.4 Å². The Bertz CT molecular complexity index is 1250. The third-order valence-electron chi connectivity index (χ3n) is 9.38. The third-order valence-corrected chi connectivity index (χ3v) is 9.38. The van der Waals surface area contributed by atoms with Crippen molar-refractivity contribution >= 4 is 25.1 Å². The molecule has 3 fully saturated rings. The van der Waals surface area contributed by atoms with E-state index in [4.69, 9.17) is 18.8 Å². The van der Waals surface area contributed by atoms with Crippen LogP contribution in [0.5, 0.6) is 0 Å². The molecule has 44 heavy (non-hydrogen) atoms. The number of azide groups is 1. The highest BCUT2D eigenvalue weighted by atomic mass is 16.7. The second kappa shape index (κ2) is 13.0. The van der Waals surface area contributed by atoms with E-state index >= 15 is 0 Å². The van der Waals surface area contributed by atoms with Gasteiger partial charge in [0, 0.05) is 18.0 Å². The fourth-order valence-corrected chi connectivity index (χ4v) is 6.61. The summed E-state index contributed by atoms with van der Waals surface area (Å²) in [6.07, 6.45) is 1.44. The molecule has 1 aromatic carbocycles. The molecule has 1 aromatic rings. The van der Waals surface area contributed by atoms with Gasteiger partial charge in [-0.25, -0.2) is 4.79 Å². The van der Waals surface area contributed by atoms with E-state index in [1.165, 1.54) is 0 Å². The number of benzene rings is 1. The molecule has 0 unspecified atom stereocenters. The van der Waals surface area contributed by atoms with Crippen molar-refractivity contribution in [3.8, 4) is 0 Å². The number of hydrogen-bond acceptors (Lipinski definition) is 8. The zero-order valence-corrected chi connectivity index (χ0v) is 27.0. The van der Waals surface area contributed by atoms with Gasteiger partial charge in [0.05, 0.1) is 11.2 Å². The number of nitrogens with one attached hydrogen (secondary N) is 1. The van der Waals surface area contributed by atoms with Crippen molar-refractivity contribution in [1.82, 2.24) is 10.2 Å². The summed E-state index contributed by atoms with van der Waals surface area (Å²) in [6.45, 7) is 13.9.